The van der Waals surface area contributed by atoms with Crippen molar-refractivity contribution in [3.05, 3.63) is 28.8 Å². The van der Waals surface area contributed by atoms with E-state index in [1.165, 1.54) is 0 Å². The summed E-state index contributed by atoms with van der Waals surface area (Å²) in [6, 6.07) is 5.19. The largest absolute Gasteiger partial charge is 0.497 e. The van der Waals surface area contributed by atoms with Crippen LogP contribution in [0.3, 0.4) is 0 Å². The summed E-state index contributed by atoms with van der Waals surface area (Å²) >= 11 is 5.85. The molecule has 0 atom stereocenters. The van der Waals surface area contributed by atoms with E-state index in [0.717, 1.165) is 0 Å². The average molecular weight is 197 g/mol. The SMILES string of the molecule is COc1ccc(Cl)c(C#CCO)c1. The summed E-state index contributed by atoms with van der Waals surface area (Å²) in [5.41, 5.74) is 0.662. The van der Waals surface area contributed by atoms with Gasteiger partial charge in [-0.3, -0.25) is 0 Å². The molecule has 0 radical (unpaired) electrons. The van der Waals surface area contributed by atoms with Crippen LogP contribution in [-0.2, 0) is 0 Å². The van der Waals surface area contributed by atoms with Gasteiger partial charge >= 0.3 is 0 Å². The fourth-order valence-electron chi connectivity index (χ4n) is 0.862. The molecule has 0 unspecified atom stereocenters. The second-order valence-electron chi connectivity index (χ2n) is 2.31. The van der Waals surface area contributed by atoms with Crippen LogP contribution in [0.5, 0.6) is 5.75 Å². The maximum Gasteiger partial charge on any atom is 0.120 e. The molecule has 2 nitrogen and oxygen atoms in total. The summed E-state index contributed by atoms with van der Waals surface area (Å²) in [4.78, 5) is 0. The van der Waals surface area contributed by atoms with Gasteiger partial charge in [-0.05, 0) is 18.2 Å². The standard InChI is InChI=1S/C10H9ClO2/c1-13-9-4-5-10(11)8(7-9)3-2-6-12/h4-5,7,12H,6H2,1H3. The maximum atomic E-state index is 8.50. The normalized spacial score (nSPS) is 8.85. The number of aliphatic hydroxyl groups is 1. The van der Waals surface area contributed by atoms with E-state index in [1.54, 1.807) is 25.3 Å². The van der Waals surface area contributed by atoms with E-state index in [9.17, 15) is 0 Å². The topological polar surface area (TPSA) is 29.5 Å². The Balaban J connectivity index is 3.04. The van der Waals surface area contributed by atoms with Crippen molar-refractivity contribution >= 4 is 11.6 Å². The van der Waals surface area contributed by atoms with Crippen LogP contribution < -0.4 is 4.74 Å². The third-order valence-electron chi connectivity index (χ3n) is 1.48. The molecule has 0 fully saturated rings. The number of aliphatic hydroxyl groups excluding tert-OH is 1. The number of halogens is 1. The van der Waals surface area contributed by atoms with Gasteiger partial charge in [0.1, 0.15) is 12.4 Å². The van der Waals surface area contributed by atoms with Crippen molar-refractivity contribution < 1.29 is 9.84 Å². The summed E-state index contributed by atoms with van der Waals surface area (Å²) in [6.07, 6.45) is 0. The van der Waals surface area contributed by atoms with E-state index >= 15 is 0 Å². The second kappa shape index (κ2) is 4.76. The molecular weight excluding hydrogens is 188 g/mol. The first kappa shape index (κ1) is 9.91. The van der Waals surface area contributed by atoms with Gasteiger partial charge in [0.2, 0.25) is 0 Å². The van der Waals surface area contributed by atoms with Crippen molar-refractivity contribution in [1.82, 2.24) is 0 Å². The van der Waals surface area contributed by atoms with Crippen molar-refractivity contribution in [2.45, 2.75) is 0 Å². The minimum Gasteiger partial charge on any atom is -0.497 e. The van der Waals surface area contributed by atoms with Crippen molar-refractivity contribution in [3.63, 3.8) is 0 Å². The zero-order valence-electron chi connectivity index (χ0n) is 7.17. The molecule has 0 amide bonds. The number of rotatable bonds is 1. The fourth-order valence-corrected chi connectivity index (χ4v) is 1.03. The Morgan fingerprint density at radius 1 is 1.54 bits per heavy atom. The average Bonchev–Trinajstić information content (AvgIpc) is 2.17. The molecule has 0 aliphatic carbocycles. The highest BCUT2D eigenvalue weighted by Crippen LogP contribution is 2.20. The second-order valence-corrected chi connectivity index (χ2v) is 2.71. The van der Waals surface area contributed by atoms with Crippen LogP contribution >= 0.6 is 11.6 Å². The minimum absolute atomic E-state index is 0.173. The molecule has 0 spiro atoms. The van der Waals surface area contributed by atoms with Crippen LogP contribution in [0.15, 0.2) is 18.2 Å². The Labute approximate surface area is 82.1 Å². The molecular formula is C10H9ClO2. The van der Waals surface area contributed by atoms with Crippen molar-refractivity contribution in [3.8, 4) is 17.6 Å². The molecule has 1 aromatic carbocycles. The molecule has 0 saturated carbocycles. The molecule has 0 heterocycles. The number of ether oxygens (including phenoxy) is 1. The molecule has 68 valence electrons. The number of hydrogen-bond donors (Lipinski definition) is 1. The van der Waals surface area contributed by atoms with E-state index in [-0.39, 0.29) is 6.61 Å². The Morgan fingerprint density at radius 3 is 2.92 bits per heavy atom. The molecule has 1 aromatic rings. The van der Waals surface area contributed by atoms with Crippen LogP contribution in [0.1, 0.15) is 5.56 Å². The summed E-state index contributed by atoms with van der Waals surface area (Å²) in [6.45, 7) is -0.173. The fraction of sp³-hybridized carbons (Fsp3) is 0.200. The Morgan fingerprint density at radius 2 is 2.31 bits per heavy atom. The zero-order chi connectivity index (χ0) is 9.68. The van der Waals surface area contributed by atoms with E-state index in [0.29, 0.717) is 16.3 Å². The van der Waals surface area contributed by atoms with Gasteiger partial charge in [-0.2, -0.15) is 0 Å². The highest BCUT2D eigenvalue weighted by Gasteiger charge is 1.98. The minimum atomic E-state index is -0.173. The Bertz CT molecular complexity index is 350. The predicted octanol–water partition coefficient (Wildman–Crippen LogP) is 1.69. The number of benzene rings is 1. The van der Waals surface area contributed by atoms with Crippen LogP contribution in [-0.4, -0.2) is 18.8 Å². The number of methoxy groups -OCH3 is 1. The van der Waals surface area contributed by atoms with Crippen LogP contribution in [0.25, 0.3) is 0 Å². The summed E-state index contributed by atoms with van der Waals surface area (Å²) < 4.78 is 5.00. The van der Waals surface area contributed by atoms with Crippen molar-refractivity contribution in [2.75, 3.05) is 13.7 Å². The van der Waals surface area contributed by atoms with Gasteiger partial charge in [0, 0.05) is 5.56 Å². The van der Waals surface area contributed by atoms with Gasteiger partial charge in [0.05, 0.1) is 12.1 Å². The Hall–Kier alpha value is -1.17. The molecule has 3 heteroatoms. The lowest BCUT2D eigenvalue weighted by Crippen LogP contribution is -1.85. The highest BCUT2D eigenvalue weighted by molar-refractivity contribution is 6.31. The van der Waals surface area contributed by atoms with Gasteiger partial charge in [0.25, 0.3) is 0 Å². The molecule has 0 aromatic heterocycles. The van der Waals surface area contributed by atoms with Gasteiger partial charge in [0.15, 0.2) is 0 Å². The lowest BCUT2D eigenvalue weighted by Gasteiger charge is -2.00. The molecule has 13 heavy (non-hydrogen) atoms. The lowest BCUT2D eigenvalue weighted by atomic mass is 10.2. The molecule has 0 saturated heterocycles. The molecule has 0 aliphatic rings. The molecule has 0 aliphatic heterocycles. The van der Waals surface area contributed by atoms with E-state index < -0.39 is 0 Å². The quantitative estimate of drug-likeness (QED) is 0.693. The van der Waals surface area contributed by atoms with E-state index in [1.807, 2.05) is 0 Å². The molecule has 0 bridgehead atoms. The van der Waals surface area contributed by atoms with Crippen LogP contribution in [0, 0.1) is 11.8 Å². The predicted molar refractivity (Wildman–Crippen MR) is 52.0 cm³/mol. The summed E-state index contributed by atoms with van der Waals surface area (Å²) in [5, 5.41) is 9.05. The van der Waals surface area contributed by atoms with Crippen molar-refractivity contribution in [2.24, 2.45) is 0 Å². The highest BCUT2D eigenvalue weighted by atomic mass is 35.5. The van der Waals surface area contributed by atoms with Crippen molar-refractivity contribution in [1.29, 1.82) is 0 Å². The third-order valence-corrected chi connectivity index (χ3v) is 1.81. The monoisotopic (exact) mass is 196 g/mol. The van der Waals surface area contributed by atoms with Gasteiger partial charge in [-0.25, -0.2) is 0 Å². The summed E-state index contributed by atoms with van der Waals surface area (Å²) in [5.74, 6) is 5.95. The van der Waals surface area contributed by atoms with E-state index in [2.05, 4.69) is 11.8 Å². The lowest BCUT2D eigenvalue weighted by molar-refractivity contribution is 0.350. The Kier molecular flexibility index (Phi) is 3.63. The molecule has 1 rings (SSSR count). The van der Waals surface area contributed by atoms with Gasteiger partial charge < -0.3 is 9.84 Å². The smallest absolute Gasteiger partial charge is 0.120 e. The summed E-state index contributed by atoms with van der Waals surface area (Å²) in [7, 11) is 1.58. The number of hydrogen-bond acceptors (Lipinski definition) is 2. The molecule has 1 N–H and O–H groups in total. The van der Waals surface area contributed by atoms with Crippen LogP contribution in [0.2, 0.25) is 5.02 Å². The maximum absolute atomic E-state index is 8.50. The third kappa shape index (κ3) is 2.66. The van der Waals surface area contributed by atoms with Gasteiger partial charge in [-0.15, -0.1) is 0 Å². The van der Waals surface area contributed by atoms with E-state index in [4.69, 9.17) is 21.4 Å². The van der Waals surface area contributed by atoms with Crippen LogP contribution in [0.4, 0.5) is 0 Å². The van der Waals surface area contributed by atoms with Gasteiger partial charge in [-0.1, -0.05) is 23.4 Å². The first-order valence-corrected chi connectivity index (χ1v) is 4.09. The zero-order valence-corrected chi connectivity index (χ0v) is 7.93. The first-order chi connectivity index (χ1) is 6.27. The first-order valence-electron chi connectivity index (χ1n) is 3.71.